The summed E-state index contributed by atoms with van der Waals surface area (Å²) in [6.45, 7) is 11.5. The van der Waals surface area contributed by atoms with Gasteiger partial charge >= 0.3 is 0 Å². The molecular formula is C15H27NO3. The smallest absolute Gasteiger partial charge is 0.171 e. The van der Waals surface area contributed by atoms with Crippen LogP contribution in [0.2, 0.25) is 0 Å². The third kappa shape index (κ3) is 2.71. The third-order valence-corrected chi connectivity index (χ3v) is 4.64. The molecule has 2 saturated heterocycles. The summed E-state index contributed by atoms with van der Waals surface area (Å²) in [6, 6.07) is 0.410. The molecule has 0 radical (unpaired) electrons. The van der Waals surface area contributed by atoms with E-state index in [0.717, 1.165) is 19.6 Å². The molecule has 3 atom stereocenters. The minimum Gasteiger partial charge on any atom is -0.377 e. The Balaban J connectivity index is 2.07. The molecule has 19 heavy (non-hydrogen) atoms. The highest BCUT2D eigenvalue weighted by molar-refractivity contribution is 5.91. The van der Waals surface area contributed by atoms with Gasteiger partial charge in [-0.3, -0.25) is 9.69 Å². The predicted molar refractivity (Wildman–Crippen MR) is 74.2 cm³/mol. The van der Waals surface area contributed by atoms with Gasteiger partial charge in [-0.05, 0) is 48.1 Å². The highest BCUT2D eigenvalue weighted by atomic mass is 16.5. The topological polar surface area (TPSA) is 38.8 Å². The molecule has 0 aromatic rings. The van der Waals surface area contributed by atoms with Crippen LogP contribution in [0.4, 0.5) is 0 Å². The summed E-state index contributed by atoms with van der Waals surface area (Å²) in [7, 11) is 2.09. The van der Waals surface area contributed by atoms with Gasteiger partial charge in [0.05, 0.1) is 17.6 Å². The van der Waals surface area contributed by atoms with Gasteiger partial charge in [-0.25, -0.2) is 0 Å². The first-order valence-corrected chi connectivity index (χ1v) is 7.21. The van der Waals surface area contributed by atoms with Gasteiger partial charge in [0.1, 0.15) is 5.60 Å². The standard InChI is InChI=1S/C15H27NO3/c1-10-12(7-8-18-10)16(6)9-11-13(17)15(4,5)19-14(11,2)3/h10-12H,7-9H2,1-6H3. The van der Waals surface area contributed by atoms with E-state index in [2.05, 4.69) is 18.9 Å². The van der Waals surface area contributed by atoms with Crippen LogP contribution in [0.15, 0.2) is 0 Å². The van der Waals surface area contributed by atoms with Crippen LogP contribution >= 0.6 is 0 Å². The normalized spacial score (nSPS) is 37.2. The lowest BCUT2D eigenvalue weighted by Crippen LogP contribution is -2.45. The summed E-state index contributed by atoms with van der Waals surface area (Å²) in [4.78, 5) is 14.8. The van der Waals surface area contributed by atoms with Crippen molar-refractivity contribution >= 4 is 5.78 Å². The van der Waals surface area contributed by atoms with Crippen LogP contribution < -0.4 is 0 Å². The number of hydrogen-bond donors (Lipinski definition) is 0. The fourth-order valence-corrected chi connectivity index (χ4v) is 3.54. The number of ether oxygens (including phenoxy) is 2. The van der Waals surface area contributed by atoms with Crippen LogP contribution in [0.25, 0.3) is 0 Å². The van der Waals surface area contributed by atoms with Crippen LogP contribution in [0.1, 0.15) is 41.0 Å². The lowest BCUT2D eigenvalue weighted by atomic mass is 9.85. The number of carbonyl (C=O) groups is 1. The molecular weight excluding hydrogens is 242 g/mol. The van der Waals surface area contributed by atoms with E-state index in [9.17, 15) is 4.79 Å². The molecule has 2 aliphatic rings. The van der Waals surface area contributed by atoms with Gasteiger partial charge in [-0.2, -0.15) is 0 Å². The van der Waals surface area contributed by atoms with Crippen LogP contribution in [0, 0.1) is 5.92 Å². The molecule has 0 bridgehead atoms. The van der Waals surface area contributed by atoms with E-state index in [0.29, 0.717) is 6.04 Å². The number of carbonyl (C=O) groups excluding carboxylic acids is 1. The number of nitrogens with zero attached hydrogens (tertiary/aromatic N) is 1. The molecule has 0 N–H and O–H groups in total. The van der Waals surface area contributed by atoms with Crippen molar-refractivity contribution in [2.75, 3.05) is 20.2 Å². The zero-order chi connectivity index (χ0) is 14.4. The van der Waals surface area contributed by atoms with Crippen LogP contribution in [-0.4, -0.2) is 54.2 Å². The zero-order valence-electron chi connectivity index (χ0n) is 13.0. The maximum absolute atomic E-state index is 12.5. The highest BCUT2D eigenvalue weighted by Crippen LogP contribution is 2.39. The first kappa shape index (κ1) is 14.9. The highest BCUT2D eigenvalue weighted by Gasteiger charge is 2.53. The van der Waals surface area contributed by atoms with Crippen LogP contribution in [0.3, 0.4) is 0 Å². The van der Waals surface area contributed by atoms with Gasteiger partial charge in [0.2, 0.25) is 0 Å². The molecule has 2 rings (SSSR count). The van der Waals surface area contributed by atoms with Crippen LogP contribution in [-0.2, 0) is 14.3 Å². The fourth-order valence-electron chi connectivity index (χ4n) is 3.54. The van der Waals surface area contributed by atoms with E-state index in [-0.39, 0.29) is 17.8 Å². The summed E-state index contributed by atoms with van der Waals surface area (Å²) in [5.74, 6) is 0.149. The molecule has 0 spiro atoms. The maximum Gasteiger partial charge on any atom is 0.171 e. The molecule has 4 heteroatoms. The minimum atomic E-state index is -0.660. The Morgan fingerprint density at radius 3 is 2.37 bits per heavy atom. The average Bonchev–Trinajstić information content (AvgIpc) is 2.74. The van der Waals surface area contributed by atoms with Gasteiger partial charge in [0.15, 0.2) is 5.78 Å². The average molecular weight is 269 g/mol. The summed E-state index contributed by atoms with van der Waals surface area (Å²) >= 11 is 0. The molecule has 2 heterocycles. The summed E-state index contributed by atoms with van der Waals surface area (Å²) in [6.07, 6.45) is 1.29. The van der Waals surface area contributed by atoms with Crippen LogP contribution in [0.5, 0.6) is 0 Å². The molecule has 2 aliphatic heterocycles. The largest absolute Gasteiger partial charge is 0.377 e. The summed E-state index contributed by atoms with van der Waals surface area (Å²) < 4.78 is 11.6. The van der Waals surface area contributed by atoms with Crippen molar-refractivity contribution in [2.45, 2.75) is 64.4 Å². The lowest BCUT2D eigenvalue weighted by molar-refractivity contribution is -0.132. The molecule has 2 fully saturated rings. The third-order valence-electron chi connectivity index (χ3n) is 4.64. The second-order valence-electron chi connectivity index (χ2n) is 7.00. The van der Waals surface area contributed by atoms with E-state index in [1.165, 1.54) is 0 Å². The molecule has 0 aromatic heterocycles. The van der Waals surface area contributed by atoms with Gasteiger partial charge in [-0.1, -0.05) is 0 Å². The zero-order valence-corrected chi connectivity index (χ0v) is 13.0. The lowest BCUT2D eigenvalue weighted by Gasteiger charge is -2.32. The maximum atomic E-state index is 12.5. The quantitative estimate of drug-likeness (QED) is 0.784. The Kier molecular flexibility index (Phi) is 3.80. The van der Waals surface area contributed by atoms with Gasteiger partial charge in [0, 0.05) is 19.2 Å². The second kappa shape index (κ2) is 4.83. The Morgan fingerprint density at radius 2 is 1.95 bits per heavy atom. The summed E-state index contributed by atoms with van der Waals surface area (Å²) in [5, 5.41) is 0. The second-order valence-corrected chi connectivity index (χ2v) is 7.00. The number of rotatable bonds is 3. The van der Waals surface area contributed by atoms with E-state index < -0.39 is 11.2 Å². The monoisotopic (exact) mass is 269 g/mol. The summed E-state index contributed by atoms with van der Waals surface area (Å²) in [5.41, 5.74) is -1.05. The minimum absolute atomic E-state index is 0.0692. The van der Waals surface area contributed by atoms with E-state index in [1.54, 1.807) is 0 Å². The molecule has 3 unspecified atom stereocenters. The van der Waals surface area contributed by atoms with Crippen molar-refractivity contribution < 1.29 is 14.3 Å². The Morgan fingerprint density at radius 1 is 1.32 bits per heavy atom. The predicted octanol–water partition coefficient (Wildman–Crippen LogP) is 1.87. The Hall–Kier alpha value is -0.450. The van der Waals surface area contributed by atoms with Gasteiger partial charge < -0.3 is 9.47 Å². The van der Waals surface area contributed by atoms with Crippen molar-refractivity contribution in [3.8, 4) is 0 Å². The molecule has 0 saturated carbocycles. The first-order valence-electron chi connectivity index (χ1n) is 7.21. The molecule has 110 valence electrons. The van der Waals surface area contributed by atoms with E-state index in [4.69, 9.17) is 9.47 Å². The van der Waals surface area contributed by atoms with Crippen molar-refractivity contribution in [2.24, 2.45) is 5.92 Å². The molecule has 0 aromatic carbocycles. The van der Waals surface area contributed by atoms with Crippen molar-refractivity contribution in [1.82, 2.24) is 4.90 Å². The fraction of sp³-hybridized carbons (Fsp3) is 0.933. The molecule has 0 amide bonds. The first-order chi connectivity index (χ1) is 8.65. The van der Waals surface area contributed by atoms with Crippen molar-refractivity contribution in [1.29, 1.82) is 0 Å². The van der Waals surface area contributed by atoms with E-state index >= 15 is 0 Å². The SMILES string of the molecule is CC1OCCC1N(C)CC1C(=O)C(C)(C)OC1(C)C. The number of hydrogen-bond acceptors (Lipinski definition) is 4. The molecule has 4 nitrogen and oxygen atoms in total. The van der Waals surface area contributed by atoms with Gasteiger partial charge in [0.25, 0.3) is 0 Å². The van der Waals surface area contributed by atoms with E-state index in [1.807, 2.05) is 27.7 Å². The number of Topliss-reactive ketones (excluding diaryl/α,β-unsaturated/α-hetero) is 1. The number of likely N-dealkylation sites (N-methyl/N-ethyl adjacent to an activating group) is 1. The number of ketones is 1. The molecule has 0 aliphatic carbocycles. The van der Waals surface area contributed by atoms with Crippen molar-refractivity contribution in [3.05, 3.63) is 0 Å². The van der Waals surface area contributed by atoms with Crippen molar-refractivity contribution in [3.63, 3.8) is 0 Å². The Labute approximate surface area is 116 Å². The Bertz CT molecular complexity index is 364. The van der Waals surface area contributed by atoms with Gasteiger partial charge in [-0.15, -0.1) is 0 Å².